The SMILES string of the molecule is CCC(c1nc2ccccc2c(=O)n1CC)N(CC(C)C)C(=O)/C=C/c1ccccc1. The highest BCUT2D eigenvalue weighted by atomic mass is 16.2. The summed E-state index contributed by atoms with van der Waals surface area (Å²) in [6.45, 7) is 9.25. The lowest BCUT2D eigenvalue weighted by atomic mass is 10.1. The van der Waals surface area contributed by atoms with E-state index in [2.05, 4.69) is 13.8 Å². The van der Waals surface area contributed by atoms with Crippen LogP contribution in [-0.4, -0.2) is 26.9 Å². The van der Waals surface area contributed by atoms with E-state index in [1.807, 2.05) is 73.4 Å². The summed E-state index contributed by atoms with van der Waals surface area (Å²) in [5, 5.41) is 0.605. The van der Waals surface area contributed by atoms with Crippen LogP contribution in [0.2, 0.25) is 0 Å². The van der Waals surface area contributed by atoms with E-state index in [4.69, 9.17) is 4.98 Å². The number of benzene rings is 2. The van der Waals surface area contributed by atoms with Crippen LogP contribution in [0.4, 0.5) is 0 Å². The molecule has 0 N–H and O–H groups in total. The van der Waals surface area contributed by atoms with Crippen molar-refractivity contribution in [1.29, 1.82) is 0 Å². The molecule has 3 rings (SSSR count). The second kappa shape index (κ2) is 10.2. The van der Waals surface area contributed by atoms with Crippen LogP contribution in [0.3, 0.4) is 0 Å². The third kappa shape index (κ3) is 5.10. The van der Waals surface area contributed by atoms with Crippen molar-refractivity contribution in [1.82, 2.24) is 14.5 Å². The average molecular weight is 418 g/mol. The van der Waals surface area contributed by atoms with E-state index in [1.54, 1.807) is 16.7 Å². The van der Waals surface area contributed by atoms with Gasteiger partial charge in [0.1, 0.15) is 5.82 Å². The molecule has 0 fully saturated rings. The summed E-state index contributed by atoms with van der Waals surface area (Å²) in [4.78, 5) is 33.1. The molecule has 0 aliphatic carbocycles. The van der Waals surface area contributed by atoms with Crippen molar-refractivity contribution in [3.05, 3.63) is 82.4 Å². The zero-order valence-electron chi connectivity index (χ0n) is 18.8. The van der Waals surface area contributed by atoms with Gasteiger partial charge < -0.3 is 4.90 Å². The molecule has 31 heavy (non-hydrogen) atoms. The molecule has 1 amide bonds. The summed E-state index contributed by atoms with van der Waals surface area (Å²) in [6.07, 6.45) is 4.13. The standard InChI is InChI=1S/C26H31N3O2/c1-5-23(25-27-22-15-11-10-14-21(22)26(31)28(25)6-2)29(18-19(3)4)24(30)17-16-20-12-8-7-9-13-20/h7-17,19,23H,5-6,18H2,1-4H3/b17-16+. The van der Waals surface area contributed by atoms with Crippen molar-refractivity contribution in [2.75, 3.05) is 6.54 Å². The summed E-state index contributed by atoms with van der Waals surface area (Å²) < 4.78 is 1.71. The molecule has 1 atom stereocenters. The van der Waals surface area contributed by atoms with Crippen molar-refractivity contribution in [3.63, 3.8) is 0 Å². The maximum atomic E-state index is 13.3. The quantitative estimate of drug-likeness (QED) is 0.481. The molecule has 0 spiro atoms. The Morgan fingerprint density at radius 1 is 1.06 bits per heavy atom. The van der Waals surface area contributed by atoms with Crippen LogP contribution in [0.1, 0.15) is 51.5 Å². The van der Waals surface area contributed by atoms with Crippen LogP contribution in [0.15, 0.2) is 65.5 Å². The van der Waals surface area contributed by atoms with Crippen molar-refractivity contribution < 1.29 is 4.79 Å². The molecule has 162 valence electrons. The highest BCUT2D eigenvalue weighted by Gasteiger charge is 2.27. The van der Waals surface area contributed by atoms with Crippen LogP contribution >= 0.6 is 0 Å². The predicted molar refractivity (Wildman–Crippen MR) is 127 cm³/mol. The van der Waals surface area contributed by atoms with Gasteiger partial charge in [-0.1, -0.05) is 63.2 Å². The Balaban J connectivity index is 2.06. The van der Waals surface area contributed by atoms with E-state index < -0.39 is 0 Å². The summed E-state index contributed by atoms with van der Waals surface area (Å²) in [6, 6.07) is 16.9. The molecular formula is C26H31N3O2. The first-order valence-corrected chi connectivity index (χ1v) is 11.0. The molecule has 0 aliphatic heterocycles. The smallest absolute Gasteiger partial charge is 0.261 e. The average Bonchev–Trinajstić information content (AvgIpc) is 2.78. The lowest BCUT2D eigenvalue weighted by Gasteiger charge is -2.32. The fourth-order valence-corrected chi connectivity index (χ4v) is 3.88. The second-order valence-corrected chi connectivity index (χ2v) is 8.09. The third-order valence-electron chi connectivity index (χ3n) is 5.33. The van der Waals surface area contributed by atoms with E-state index >= 15 is 0 Å². The second-order valence-electron chi connectivity index (χ2n) is 8.09. The van der Waals surface area contributed by atoms with E-state index in [-0.39, 0.29) is 23.4 Å². The molecule has 3 aromatic rings. The van der Waals surface area contributed by atoms with Crippen LogP contribution in [0, 0.1) is 5.92 Å². The number of carbonyl (C=O) groups excluding carboxylic acids is 1. The maximum absolute atomic E-state index is 13.3. The molecule has 0 saturated heterocycles. The molecule has 5 heteroatoms. The van der Waals surface area contributed by atoms with Crippen LogP contribution < -0.4 is 5.56 Å². The molecule has 1 unspecified atom stereocenters. The van der Waals surface area contributed by atoms with Crippen LogP contribution in [0.25, 0.3) is 17.0 Å². The fraction of sp³-hybridized carbons (Fsp3) is 0.346. The number of nitrogens with zero attached hydrogens (tertiary/aromatic N) is 3. The van der Waals surface area contributed by atoms with Gasteiger partial charge in [0.25, 0.3) is 5.56 Å². The Labute approximate surface area is 184 Å². The molecule has 5 nitrogen and oxygen atoms in total. The highest BCUT2D eigenvalue weighted by Crippen LogP contribution is 2.25. The molecule has 1 heterocycles. The normalized spacial score (nSPS) is 12.5. The monoisotopic (exact) mass is 417 g/mol. The van der Waals surface area contributed by atoms with Crippen LogP contribution in [0.5, 0.6) is 0 Å². The molecule has 0 saturated carbocycles. The van der Waals surface area contributed by atoms with Gasteiger partial charge in [0.05, 0.1) is 16.9 Å². The summed E-state index contributed by atoms with van der Waals surface area (Å²) in [5.41, 5.74) is 1.59. The van der Waals surface area contributed by atoms with Gasteiger partial charge in [-0.15, -0.1) is 0 Å². The zero-order chi connectivity index (χ0) is 22.4. The lowest BCUT2D eigenvalue weighted by Crippen LogP contribution is -2.40. The van der Waals surface area contributed by atoms with Crippen molar-refractivity contribution >= 4 is 22.9 Å². The number of fused-ring (bicyclic) bond motifs is 1. The minimum Gasteiger partial charge on any atom is -0.329 e. The molecule has 1 aromatic heterocycles. The largest absolute Gasteiger partial charge is 0.329 e. The summed E-state index contributed by atoms with van der Waals surface area (Å²) >= 11 is 0. The Morgan fingerprint density at radius 3 is 2.39 bits per heavy atom. The summed E-state index contributed by atoms with van der Waals surface area (Å²) in [5.74, 6) is 0.857. The number of para-hydroxylation sites is 1. The van der Waals surface area contributed by atoms with Gasteiger partial charge in [0.15, 0.2) is 0 Å². The number of amides is 1. The van der Waals surface area contributed by atoms with Gasteiger partial charge in [-0.05, 0) is 43.0 Å². The first-order valence-electron chi connectivity index (χ1n) is 11.0. The highest BCUT2D eigenvalue weighted by molar-refractivity contribution is 5.92. The topological polar surface area (TPSA) is 55.2 Å². The molecule has 2 aromatic carbocycles. The minimum absolute atomic E-state index is 0.0571. The Bertz CT molecular complexity index is 1120. The van der Waals surface area contributed by atoms with E-state index in [9.17, 15) is 9.59 Å². The predicted octanol–water partition coefficient (Wildman–Crippen LogP) is 5.07. The first kappa shape index (κ1) is 22.5. The Hall–Kier alpha value is -3.21. The lowest BCUT2D eigenvalue weighted by molar-refractivity contribution is -0.129. The Kier molecular flexibility index (Phi) is 7.40. The van der Waals surface area contributed by atoms with Crippen molar-refractivity contribution in [2.45, 2.75) is 46.7 Å². The molecule has 0 radical (unpaired) electrons. The van der Waals surface area contributed by atoms with Gasteiger partial charge in [-0.3, -0.25) is 14.2 Å². The summed E-state index contributed by atoms with van der Waals surface area (Å²) in [7, 11) is 0. The van der Waals surface area contributed by atoms with E-state index in [0.717, 1.165) is 5.56 Å². The Morgan fingerprint density at radius 2 is 1.74 bits per heavy atom. The van der Waals surface area contributed by atoms with Crippen LogP contribution in [-0.2, 0) is 11.3 Å². The van der Waals surface area contributed by atoms with Gasteiger partial charge >= 0.3 is 0 Å². The van der Waals surface area contributed by atoms with E-state index in [1.165, 1.54) is 0 Å². The number of carbonyl (C=O) groups is 1. The maximum Gasteiger partial charge on any atom is 0.261 e. The number of hydrogen-bond donors (Lipinski definition) is 0. The van der Waals surface area contributed by atoms with Crippen molar-refractivity contribution in [3.8, 4) is 0 Å². The number of rotatable bonds is 8. The third-order valence-corrected chi connectivity index (χ3v) is 5.33. The van der Waals surface area contributed by atoms with Gasteiger partial charge in [-0.25, -0.2) is 4.98 Å². The fourth-order valence-electron chi connectivity index (χ4n) is 3.88. The molecule has 0 bridgehead atoms. The zero-order valence-corrected chi connectivity index (χ0v) is 18.8. The van der Waals surface area contributed by atoms with Gasteiger partial charge in [0, 0.05) is 19.2 Å². The van der Waals surface area contributed by atoms with Gasteiger partial charge in [-0.2, -0.15) is 0 Å². The number of hydrogen-bond acceptors (Lipinski definition) is 3. The van der Waals surface area contributed by atoms with Crippen molar-refractivity contribution in [2.24, 2.45) is 5.92 Å². The molecule has 0 aliphatic rings. The number of aromatic nitrogens is 2. The molecular weight excluding hydrogens is 386 g/mol. The van der Waals surface area contributed by atoms with Gasteiger partial charge in [0.2, 0.25) is 5.91 Å². The minimum atomic E-state index is -0.285. The first-order chi connectivity index (χ1) is 15.0. The van der Waals surface area contributed by atoms with E-state index in [0.29, 0.717) is 36.2 Å².